The Balaban J connectivity index is 1.89. The molecule has 0 aliphatic heterocycles. The fraction of sp³-hybridized carbons (Fsp3) is 0.263. The Morgan fingerprint density at radius 1 is 1.21 bits per heavy atom. The predicted octanol–water partition coefficient (Wildman–Crippen LogP) is 3.15. The average Bonchev–Trinajstić information content (AvgIpc) is 2.95. The third-order valence-corrected chi connectivity index (χ3v) is 6.95. The van der Waals surface area contributed by atoms with Gasteiger partial charge in [-0.2, -0.15) is 4.99 Å². The van der Waals surface area contributed by atoms with Crippen LogP contribution in [0.15, 0.2) is 58.0 Å². The number of thiazole rings is 1. The van der Waals surface area contributed by atoms with E-state index in [4.69, 9.17) is 4.74 Å². The number of benzene rings is 2. The lowest BCUT2D eigenvalue weighted by atomic mass is 10.2. The van der Waals surface area contributed by atoms with Crippen LogP contribution in [0.2, 0.25) is 0 Å². The van der Waals surface area contributed by atoms with E-state index in [1.54, 1.807) is 31.4 Å². The Labute approximate surface area is 175 Å². The van der Waals surface area contributed by atoms with Gasteiger partial charge in [-0.3, -0.25) is 4.79 Å². The molecular weight excluding hydrogens is 464 g/mol. The minimum atomic E-state index is -3.60. The molecule has 2 aromatic carbocycles. The first-order valence-electron chi connectivity index (χ1n) is 8.48. The van der Waals surface area contributed by atoms with Crippen LogP contribution in [0.4, 0.5) is 0 Å². The number of aromatic nitrogens is 1. The lowest BCUT2D eigenvalue weighted by Crippen LogP contribution is -2.22. The average molecular weight is 483 g/mol. The SMILES string of the molecule is COCCn1c(=NC(=O)CS(=O)(=O)Cc2ccccc2)sc2cc(Br)ccc21. The number of hydrogen-bond donors (Lipinski definition) is 0. The highest BCUT2D eigenvalue weighted by atomic mass is 79.9. The van der Waals surface area contributed by atoms with Crippen LogP contribution in [0.3, 0.4) is 0 Å². The summed E-state index contributed by atoms with van der Waals surface area (Å²) in [6.45, 7) is 0.969. The van der Waals surface area contributed by atoms with Crippen LogP contribution < -0.4 is 4.80 Å². The van der Waals surface area contributed by atoms with Crippen LogP contribution in [0.5, 0.6) is 0 Å². The molecule has 0 spiro atoms. The molecule has 1 heterocycles. The molecule has 0 N–H and O–H groups in total. The number of sulfone groups is 1. The molecule has 3 aromatic rings. The normalized spacial score (nSPS) is 12.6. The number of amides is 1. The van der Waals surface area contributed by atoms with E-state index in [1.165, 1.54) is 11.3 Å². The zero-order valence-electron chi connectivity index (χ0n) is 15.2. The molecule has 0 saturated carbocycles. The summed E-state index contributed by atoms with van der Waals surface area (Å²) in [5, 5.41) is 0. The molecule has 1 amide bonds. The Morgan fingerprint density at radius 3 is 2.68 bits per heavy atom. The van der Waals surface area contributed by atoms with Crippen molar-refractivity contribution in [1.82, 2.24) is 4.57 Å². The van der Waals surface area contributed by atoms with Gasteiger partial charge in [0.25, 0.3) is 5.91 Å². The van der Waals surface area contributed by atoms with Crippen molar-refractivity contribution in [2.45, 2.75) is 12.3 Å². The first kappa shape index (κ1) is 20.9. The van der Waals surface area contributed by atoms with E-state index in [0.717, 1.165) is 14.7 Å². The summed E-state index contributed by atoms with van der Waals surface area (Å²) in [6.07, 6.45) is 0. The molecule has 9 heteroatoms. The summed E-state index contributed by atoms with van der Waals surface area (Å²) < 4.78 is 33.6. The Hall–Kier alpha value is -1.81. The van der Waals surface area contributed by atoms with Crippen molar-refractivity contribution < 1.29 is 17.9 Å². The number of hydrogen-bond acceptors (Lipinski definition) is 5. The van der Waals surface area contributed by atoms with E-state index in [0.29, 0.717) is 23.5 Å². The summed E-state index contributed by atoms with van der Waals surface area (Å²) in [5.74, 6) is -1.48. The van der Waals surface area contributed by atoms with Gasteiger partial charge in [0.15, 0.2) is 14.6 Å². The Bertz CT molecular complexity index is 1150. The summed E-state index contributed by atoms with van der Waals surface area (Å²) in [6, 6.07) is 14.6. The number of halogens is 1. The minimum Gasteiger partial charge on any atom is -0.383 e. The van der Waals surface area contributed by atoms with Crippen LogP contribution in [0.1, 0.15) is 5.56 Å². The van der Waals surface area contributed by atoms with Gasteiger partial charge in [-0.05, 0) is 23.8 Å². The smallest absolute Gasteiger partial charge is 0.263 e. The predicted molar refractivity (Wildman–Crippen MR) is 114 cm³/mol. The third kappa shape index (κ3) is 5.38. The molecule has 3 rings (SSSR count). The van der Waals surface area contributed by atoms with E-state index >= 15 is 0 Å². The molecule has 148 valence electrons. The number of rotatable bonds is 7. The van der Waals surface area contributed by atoms with E-state index in [1.807, 2.05) is 28.8 Å². The lowest BCUT2D eigenvalue weighted by molar-refractivity contribution is -0.115. The second-order valence-electron chi connectivity index (χ2n) is 6.16. The van der Waals surface area contributed by atoms with Crippen molar-refractivity contribution in [2.24, 2.45) is 4.99 Å². The summed E-state index contributed by atoms with van der Waals surface area (Å²) >= 11 is 4.78. The molecule has 0 unspecified atom stereocenters. The van der Waals surface area contributed by atoms with Gasteiger partial charge >= 0.3 is 0 Å². The molecule has 0 radical (unpaired) electrons. The molecule has 0 aliphatic carbocycles. The third-order valence-electron chi connectivity index (χ3n) is 3.96. The number of ether oxygens (including phenoxy) is 1. The van der Waals surface area contributed by atoms with Gasteiger partial charge in [0.1, 0.15) is 5.75 Å². The van der Waals surface area contributed by atoms with Gasteiger partial charge in [0.05, 0.1) is 22.6 Å². The van der Waals surface area contributed by atoms with E-state index in [9.17, 15) is 13.2 Å². The maximum absolute atomic E-state index is 12.4. The summed E-state index contributed by atoms with van der Waals surface area (Å²) in [7, 11) is -2.00. The first-order chi connectivity index (χ1) is 13.4. The van der Waals surface area contributed by atoms with Crippen LogP contribution in [-0.4, -0.2) is 38.4 Å². The number of methoxy groups -OCH3 is 1. The molecule has 28 heavy (non-hydrogen) atoms. The van der Waals surface area contributed by atoms with Gasteiger partial charge < -0.3 is 9.30 Å². The molecular formula is C19H19BrN2O4S2. The fourth-order valence-corrected chi connectivity index (χ4v) is 5.61. The number of nitrogens with zero attached hydrogens (tertiary/aromatic N) is 2. The van der Waals surface area contributed by atoms with E-state index < -0.39 is 21.5 Å². The van der Waals surface area contributed by atoms with Crippen molar-refractivity contribution in [3.05, 3.63) is 63.4 Å². The zero-order valence-corrected chi connectivity index (χ0v) is 18.4. The van der Waals surface area contributed by atoms with Crippen molar-refractivity contribution in [3.8, 4) is 0 Å². The Kier molecular flexibility index (Phi) is 6.82. The summed E-state index contributed by atoms with van der Waals surface area (Å²) in [4.78, 5) is 17.0. The van der Waals surface area contributed by atoms with Crippen LogP contribution >= 0.6 is 27.3 Å². The maximum Gasteiger partial charge on any atom is 0.263 e. The number of fused-ring (bicyclic) bond motifs is 1. The van der Waals surface area contributed by atoms with Crippen LogP contribution in [0.25, 0.3) is 10.2 Å². The number of carbonyl (C=O) groups excluding carboxylic acids is 1. The zero-order chi connectivity index (χ0) is 20.1. The second-order valence-corrected chi connectivity index (χ2v) is 10.2. The van der Waals surface area contributed by atoms with E-state index in [-0.39, 0.29) is 5.75 Å². The minimum absolute atomic E-state index is 0.182. The molecule has 0 saturated heterocycles. The van der Waals surface area contributed by atoms with E-state index in [2.05, 4.69) is 20.9 Å². The first-order valence-corrected chi connectivity index (χ1v) is 11.9. The largest absolute Gasteiger partial charge is 0.383 e. The van der Waals surface area contributed by atoms with Crippen molar-refractivity contribution >= 4 is 53.2 Å². The maximum atomic E-state index is 12.4. The van der Waals surface area contributed by atoms with Gasteiger partial charge in [0.2, 0.25) is 0 Å². The van der Waals surface area contributed by atoms with Gasteiger partial charge in [-0.1, -0.05) is 57.6 Å². The van der Waals surface area contributed by atoms with Gasteiger partial charge in [-0.15, -0.1) is 0 Å². The van der Waals surface area contributed by atoms with Gasteiger partial charge in [-0.25, -0.2) is 8.42 Å². The molecule has 0 atom stereocenters. The van der Waals surface area contributed by atoms with Crippen LogP contribution in [0, 0.1) is 0 Å². The fourth-order valence-electron chi connectivity index (χ4n) is 2.74. The molecule has 1 aromatic heterocycles. The second kappa shape index (κ2) is 9.13. The quantitative estimate of drug-likeness (QED) is 0.518. The topological polar surface area (TPSA) is 77.7 Å². The molecule has 0 fully saturated rings. The summed E-state index contributed by atoms with van der Waals surface area (Å²) in [5.41, 5.74) is 1.57. The molecule has 0 bridgehead atoms. The number of carbonyl (C=O) groups is 1. The molecule has 0 aliphatic rings. The van der Waals surface area contributed by atoms with Gasteiger partial charge in [0, 0.05) is 18.1 Å². The molecule has 6 nitrogen and oxygen atoms in total. The van der Waals surface area contributed by atoms with Crippen molar-refractivity contribution in [3.63, 3.8) is 0 Å². The van der Waals surface area contributed by atoms with Crippen molar-refractivity contribution in [1.29, 1.82) is 0 Å². The van der Waals surface area contributed by atoms with Crippen molar-refractivity contribution in [2.75, 3.05) is 19.5 Å². The highest BCUT2D eigenvalue weighted by Crippen LogP contribution is 2.22. The van der Waals surface area contributed by atoms with Crippen LogP contribution in [-0.2, 0) is 31.7 Å². The highest BCUT2D eigenvalue weighted by molar-refractivity contribution is 9.10. The Morgan fingerprint density at radius 2 is 1.96 bits per heavy atom. The monoisotopic (exact) mass is 482 g/mol. The highest BCUT2D eigenvalue weighted by Gasteiger charge is 2.18. The lowest BCUT2D eigenvalue weighted by Gasteiger charge is -2.04. The standard InChI is InChI=1S/C19H19BrN2O4S2/c1-26-10-9-22-16-8-7-15(20)11-17(16)27-19(22)21-18(23)13-28(24,25)12-14-5-3-2-4-6-14/h2-8,11H,9-10,12-13H2,1H3.